The van der Waals surface area contributed by atoms with Gasteiger partial charge in [0.05, 0.1) is 12.6 Å². The van der Waals surface area contributed by atoms with Crippen LogP contribution in [0.3, 0.4) is 0 Å². The Kier molecular flexibility index (Phi) is 7.44. The highest BCUT2D eigenvalue weighted by Gasteiger charge is 2.53. The molecule has 1 saturated heterocycles. The molecule has 0 bridgehead atoms. The van der Waals surface area contributed by atoms with Crippen molar-refractivity contribution >= 4 is 23.4 Å². The molecule has 1 aliphatic carbocycles. The summed E-state index contributed by atoms with van der Waals surface area (Å²) in [5.74, 6) is -0.190. The number of halogens is 3. The van der Waals surface area contributed by atoms with Crippen LogP contribution in [0.4, 0.5) is 24.5 Å². The van der Waals surface area contributed by atoms with Gasteiger partial charge in [-0.15, -0.1) is 0 Å². The van der Waals surface area contributed by atoms with Crippen LogP contribution in [0.25, 0.3) is 6.08 Å². The monoisotopic (exact) mass is 540 g/mol. The Hall–Kier alpha value is -3.00. The Morgan fingerprint density at radius 3 is 2.56 bits per heavy atom. The molecule has 5 nitrogen and oxygen atoms in total. The van der Waals surface area contributed by atoms with E-state index < -0.39 is 24.8 Å². The van der Waals surface area contributed by atoms with Crippen LogP contribution in [-0.2, 0) is 11.2 Å². The summed E-state index contributed by atoms with van der Waals surface area (Å²) >= 11 is 0. The van der Waals surface area contributed by atoms with Crippen molar-refractivity contribution < 1.29 is 18.0 Å². The van der Waals surface area contributed by atoms with E-state index in [2.05, 4.69) is 17.2 Å². The Bertz CT molecular complexity index is 1240. The largest absolute Gasteiger partial charge is 0.388 e. The fourth-order valence-corrected chi connectivity index (χ4v) is 7.16. The van der Waals surface area contributed by atoms with Gasteiger partial charge in [0.25, 0.3) is 6.43 Å². The first-order valence-electron chi connectivity index (χ1n) is 13.9. The first-order valence-corrected chi connectivity index (χ1v) is 13.9. The van der Waals surface area contributed by atoms with Crippen molar-refractivity contribution in [2.45, 2.75) is 71.0 Å². The van der Waals surface area contributed by atoms with Crippen molar-refractivity contribution in [3.63, 3.8) is 0 Å². The number of amides is 1. The lowest BCUT2D eigenvalue weighted by Gasteiger charge is -2.59. The SMILES string of the molecule is C=Cc1c(NC)ccc2c1CC(C)N(CC(F)F)[C@@H]2c1c(C)cc(NC2CC3(C2)CN(C(=O)CC)C3)cc1F. The Labute approximate surface area is 229 Å². The minimum atomic E-state index is -2.53. The highest BCUT2D eigenvalue weighted by Crippen LogP contribution is 2.50. The molecule has 1 saturated carbocycles. The number of carbonyl (C=O) groups excluding carboxylic acids is 1. The number of rotatable bonds is 8. The number of nitrogens with zero attached hydrogens (tertiary/aromatic N) is 2. The summed E-state index contributed by atoms with van der Waals surface area (Å²) in [5, 5.41) is 6.66. The molecule has 5 rings (SSSR count). The van der Waals surface area contributed by atoms with Gasteiger partial charge in [0, 0.05) is 66.6 Å². The van der Waals surface area contributed by atoms with Gasteiger partial charge in [-0.2, -0.15) is 0 Å². The number of hydrogen-bond donors (Lipinski definition) is 2. The predicted molar refractivity (Wildman–Crippen MR) is 151 cm³/mol. The van der Waals surface area contributed by atoms with E-state index in [1.54, 1.807) is 11.0 Å². The molecule has 2 aliphatic heterocycles. The molecular formula is C31H39F3N4O. The number of hydrogen-bond acceptors (Lipinski definition) is 4. The third kappa shape index (κ3) is 4.92. The van der Waals surface area contributed by atoms with Crippen molar-refractivity contribution in [1.29, 1.82) is 0 Å². The van der Waals surface area contributed by atoms with Gasteiger partial charge in [-0.3, -0.25) is 9.69 Å². The number of aryl methyl sites for hydroxylation is 1. The Balaban J connectivity index is 1.42. The zero-order chi connectivity index (χ0) is 28.1. The van der Waals surface area contributed by atoms with Crippen molar-refractivity contribution in [3.8, 4) is 0 Å². The second kappa shape index (κ2) is 10.5. The molecule has 1 amide bonds. The summed E-state index contributed by atoms with van der Waals surface area (Å²) in [7, 11) is 1.84. The minimum absolute atomic E-state index is 0.197. The van der Waals surface area contributed by atoms with Gasteiger partial charge in [-0.05, 0) is 68.0 Å². The second-order valence-corrected chi connectivity index (χ2v) is 11.6. The molecule has 2 fully saturated rings. The van der Waals surface area contributed by atoms with E-state index in [-0.39, 0.29) is 23.4 Å². The number of fused-ring (bicyclic) bond motifs is 1. The molecule has 210 valence electrons. The van der Waals surface area contributed by atoms with E-state index >= 15 is 4.39 Å². The third-order valence-corrected chi connectivity index (χ3v) is 8.95. The summed E-state index contributed by atoms with van der Waals surface area (Å²) < 4.78 is 43.5. The molecule has 1 spiro atoms. The predicted octanol–water partition coefficient (Wildman–Crippen LogP) is 6.23. The number of carbonyl (C=O) groups is 1. The number of nitrogens with one attached hydrogen (secondary N) is 2. The molecule has 2 aromatic carbocycles. The lowest BCUT2D eigenvalue weighted by atomic mass is 9.60. The van der Waals surface area contributed by atoms with E-state index in [9.17, 15) is 13.6 Å². The normalized spacial score (nSPS) is 22.3. The number of benzene rings is 2. The second-order valence-electron chi connectivity index (χ2n) is 11.6. The summed E-state index contributed by atoms with van der Waals surface area (Å²) in [6, 6.07) is 6.71. The van der Waals surface area contributed by atoms with E-state index in [4.69, 9.17) is 0 Å². The topological polar surface area (TPSA) is 47.6 Å². The standard InChI is InChI=1S/C31H39F3N4O/c1-6-22-24-11-19(4)38(15-27(33)34)30(23(24)8-9-26(22)35-5)29-18(3)10-20(12-25(29)32)36-21-13-31(14-21)16-37(17-31)28(39)7-2/h6,8-10,12,19,21,27,30,35-36H,1,7,11,13-17H2,2-5H3/t19?,30-/m0/s1. The van der Waals surface area contributed by atoms with Gasteiger partial charge >= 0.3 is 0 Å². The fourth-order valence-electron chi connectivity index (χ4n) is 7.16. The molecule has 0 aromatic heterocycles. The maximum absolute atomic E-state index is 16.0. The lowest BCUT2D eigenvalue weighted by Crippen LogP contribution is -2.66. The van der Waals surface area contributed by atoms with Gasteiger partial charge in [0.15, 0.2) is 0 Å². The Morgan fingerprint density at radius 2 is 1.97 bits per heavy atom. The summed E-state index contributed by atoms with van der Waals surface area (Å²) in [5.41, 5.74) is 5.81. The van der Waals surface area contributed by atoms with Crippen LogP contribution < -0.4 is 10.6 Å². The molecule has 2 atom stereocenters. The van der Waals surface area contributed by atoms with E-state index in [1.807, 2.05) is 50.9 Å². The minimum Gasteiger partial charge on any atom is -0.388 e. The average Bonchev–Trinajstić information content (AvgIpc) is 2.84. The van der Waals surface area contributed by atoms with Gasteiger partial charge in [0.2, 0.25) is 5.91 Å². The quantitative estimate of drug-likeness (QED) is 0.417. The summed E-state index contributed by atoms with van der Waals surface area (Å²) in [4.78, 5) is 15.6. The summed E-state index contributed by atoms with van der Waals surface area (Å²) in [6.45, 7) is 10.9. The van der Waals surface area contributed by atoms with Gasteiger partial charge in [-0.1, -0.05) is 25.6 Å². The van der Waals surface area contributed by atoms with Crippen LogP contribution in [0.2, 0.25) is 0 Å². The zero-order valence-corrected chi connectivity index (χ0v) is 23.3. The molecule has 2 heterocycles. The number of anilines is 2. The van der Waals surface area contributed by atoms with Crippen LogP contribution >= 0.6 is 0 Å². The maximum Gasteiger partial charge on any atom is 0.251 e. The van der Waals surface area contributed by atoms with Crippen LogP contribution in [0.5, 0.6) is 0 Å². The number of alkyl halides is 2. The molecular weight excluding hydrogens is 501 g/mol. The van der Waals surface area contributed by atoms with Crippen LogP contribution in [0.1, 0.15) is 67.0 Å². The first-order chi connectivity index (χ1) is 18.6. The van der Waals surface area contributed by atoms with Crippen LogP contribution in [0.15, 0.2) is 30.8 Å². The average molecular weight is 541 g/mol. The maximum atomic E-state index is 16.0. The highest BCUT2D eigenvalue weighted by molar-refractivity contribution is 5.77. The smallest absolute Gasteiger partial charge is 0.251 e. The molecule has 2 aromatic rings. The van der Waals surface area contributed by atoms with Crippen LogP contribution in [0, 0.1) is 18.2 Å². The number of likely N-dealkylation sites (tertiary alicyclic amines) is 1. The van der Waals surface area contributed by atoms with Crippen molar-refractivity contribution in [2.75, 3.05) is 37.3 Å². The van der Waals surface area contributed by atoms with Crippen molar-refractivity contribution in [3.05, 3.63) is 64.5 Å². The van der Waals surface area contributed by atoms with Gasteiger partial charge in [-0.25, -0.2) is 13.2 Å². The van der Waals surface area contributed by atoms with Crippen molar-refractivity contribution in [1.82, 2.24) is 9.80 Å². The third-order valence-electron chi connectivity index (χ3n) is 8.95. The highest BCUT2D eigenvalue weighted by atomic mass is 19.3. The molecule has 39 heavy (non-hydrogen) atoms. The molecule has 0 radical (unpaired) electrons. The van der Waals surface area contributed by atoms with Gasteiger partial charge < -0.3 is 15.5 Å². The first kappa shape index (κ1) is 27.6. The zero-order valence-electron chi connectivity index (χ0n) is 23.3. The van der Waals surface area contributed by atoms with E-state index in [1.165, 1.54) is 6.07 Å². The molecule has 8 heteroatoms. The van der Waals surface area contributed by atoms with E-state index in [0.717, 1.165) is 53.9 Å². The lowest BCUT2D eigenvalue weighted by molar-refractivity contribution is -0.150. The molecule has 1 unspecified atom stereocenters. The van der Waals surface area contributed by atoms with Crippen molar-refractivity contribution in [2.24, 2.45) is 5.41 Å². The van der Waals surface area contributed by atoms with Crippen LogP contribution in [-0.4, -0.2) is 60.9 Å². The van der Waals surface area contributed by atoms with E-state index in [0.29, 0.717) is 24.1 Å². The van der Waals surface area contributed by atoms with Gasteiger partial charge in [0.1, 0.15) is 5.82 Å². The summed E-state index contributed by atoms with van der Waals surface area (Å²) in [6.07, 6.45) is 2.29. The Morgan fingerprint density at radius 1 is 1.26 bits per heavy atom. The molecule has 2 N–H and O–H groups in total. The fraction of sp³-hybridized carbons (Fsp3) is 0.516. The molecule has 3 aliphatic rings.